The molecule has 0 aliphatic heterocycles. The lowest BCUT2D eigenvalue weighted by atomic mass is 10.3. The molecule has 0 aliphatic rings. The van der Waals surface area contributed by atoms with Crippen LogP contribution in [0.2, 0.25) is 0 Å². The molecule has 1 aromatic heterocycles. The summed E-state index contributed by atoms with van der Waals surface area (Å²) < 4.78 is 0.959. The van der Waals surface area contributed by atoms with Crippen LogP contribution in [0.15, 0.2) is 41.1 Å². The van der Waals surface area contributed by atoms with E-state index in [1.54, 1.807) is 12.4 Å². The molecule has 1 aromatic carbocycles. The maximum atomic E-state index is 5.44. The van der Waals surface area contributed by atoms with Gasteiger partial charge in [-0.15, -0.1) is 0 Å². The molecule has 0 radical (unpaired) electrons. The number of rotatable bonds is 3. The van der Waals surface area contributed by atoms with Crippen molar-refractivity contribution in [1.29, 1.82) is 0 Å². The molecule has 0 saturated carbocycles. The Balaban J connectivity index is 2.20. The number of hydrogen-bond donors (Lipinski definition) is 2. The predicted molar refractivity (Wildman–Crippen MR) is 75.3 cm³/mol. The van der Waals surface area contributed by atoms with E-state index in [0.717, 1.165) is 10.2 Å². The largest absolute Gasteiger partial charge is 0.388 e. The zero-order valence-corrected chi connectivity index (χ0v) is 11.1. The molecule has 0 bridgehead atoms. The van der Waals surface area contributed by atoms with Gasteiger partial charge in [-0.3, -0.25) is 0 Å². The lowest BCUT2D eigenvalue weighted by Crippen LogP contribution is -2.12. The minimum Gasteiger partial charge on any atom is -0.388 e. The summed E-state index contributed by atoms with van der Waals surface area (Å²) in [5, 5.41) is 3.13. The third-order valence-electron chi connectivity index (χ3n) is 2.04. The van der Waals surface area contributed by atoms with E-state index in [1.807, 2.05) is 24.3 Å². The van der Waals surface area contributed by atoms with Gasteiger partial charge in [0.05, 0.1) is 18.1 Å². The number of hydrogen-bond acceptors (Lipinski definition) is 4. The summed E-state index contributed by atoms with van der Waals surface area (Å²) in [6.45, 7) is 0. The van der Waals surface area contributed by atoms with E-state index < -0.39 is 0 Å². The van der Waals surface area contributed by atoms with E-state index in [9.17, 15) is 0 Å². The molecule has 4 nitrogen and oxygen atoms in total. The van der Waals surface area contributed by atoms with Crippen LogP contribution in [-0.2, 0) is 0 Å². The van der Waals surface area contributed by atoms with Gasteiger partial charge >= 0.3 is 0 Å². The van der Waals surface area contributed by atoms with Gasteiger partial charge in [-0.05, 0) is 28.1 Å². The molecule has 86 valence electrons. The topological polar surface area (TPSA) is 63.8 Å². The number of nitrogens with one attached hydrogen (secondary N) is 1. The molecule has 1 heterocycles. The molecule has 3 N–H and O–H groups in total. The number of nitrogens with two attached hydrogens (primary N) is 1. The first kappa shape index (κ1) is 11.9. The zero-order valence-electron chi connectivity index (χ0n) is 8.72. The Labute approximate surface area is 112 Å². The van der Waals surface area contributed by atoms with Crippen molar-refractivity contribution in [1.82, 2.24) is 9.97 Å². The highest BCUT2D eigenvalue weighted by Gasteiger charge is 2.02. The number of aromatic nitrogens is 2. The maximum Gasteiger partial charge on any atom is 0.148 e. The summed E-state index contributed by atoms with van der Waals surface area (Å²) in [4.78, 5) is 8.51. The second kappa shape index (κ2) is 5.20. The number of thiocarbonyl (C=S) groups is 1. The van der Waals surface area contributed by atoms with E-state index in [2.05, 4.69) is 31.2 Å². The van der Waals surface area contributed by atoms with Crippen molar-refractivity contribution in [2.75, 3.05) is 5.32 Å². The SMILES string of the molecule is NC(=S)c1cnc(Nc2ccccc2Br)cn1. The Morgan fingerprint density at radius 2 is 2.00 bits per heavy atom. The Hall–Kier alpha value is -1.53. The summed E-state index contributed by atoms with van der Waals surface area (Å²) >= 11 is 8.24. The highest BCUT2D eigenvalue weighted by Crippen LogP contribution is 2.23. The second-order valence-corrected chi connectivity index (χ2v) is 4.55. The van der Waals surface area contributed by atoms with E-state index in [0.29, 0.717) is 11.5 Å². The third kappa shape index (κ3) is 2.98. The van der Waals surface area contributed by atoms with Gasteiger partial charge in [0.25, 0.3) is 0 Å². The Morgan fingerprint density at radius 3 is 2.59 bits per heavy atom. The van der Waals surface area contributed by atoms with Gasteiger partial charge in [-0.1, -0.05) is 24.4 Å². The van der Waals surface area contributed by atoms with Crippen molar-refractivity contribution in [3.05, 3.63) is 46.8 Å². The van der Waals surface area contributed by atoms with Crippen LogP contribution >= 0.6 is 28.1 Å². The highest BCUT2D eigenvalue weighted by molar-refractivity contribution is 9.10. The fourth-order valence-electron chi connectivity index (χ4n) is 1.22. The molecule has 0 aliphatic carbocycles. The van der Waals surface area contributed by atoms with E-state index in [-0.39, 0.29) is 4.99 Å². The van der Waals surface area contributed by atoms with Gasteiger partial charge in [0.2, 0.25) is 0 Å². The molecule has 2 aromatic rings. The zero-order chi connectivity index (χ0) is 12.3. The van der Waals surface area contributed by atoms with Crippen LogP contribution in [0.4, 0.5) is 11.5 Å². The minimum atomic E-state index is 0.241. The number of halogens is 1. The number of para-hydroxylation sites is 1. The average Bonchev–Trinajstić information content (AvgIpc) is 2.33. The maximum absolute atomic E-state index is 5.44. The molecule has 0 atom stereocenters. The number of anilines is 2. The van der Waals surface area contributed by atoms with Crippen molar-refractivity contribution in [2.24, 2.45) is 5.73 Å². The van der Waals surface area contributed by atoms with Crippen LogP contribution in [-0.4, -0.2) is 15.0 Å². The van der Waals surface area contributed by atoms with Gasteiger partial charge in [0.1, 0.15) is 16.5 Å². The van der Waals surface area contributed by atoms with Gasteiger partial charge in [0.15, 0.2) is 0 Å². The van der Waals surface area contributed by atoms with E-state index >= 15 is 0 Å². The summed E-state index contributed by atoms with van der Waals surface area (Å²) in [5.41, 5.74) is 6.87. The van der Waals surface area contributed by atoms with Crippen LogP contribution in [0, 0.1) is 0 Å². The van der Waals surface area contributed by atoms with Crippen molar-refractivity contribution in [2.45, 2.75) is 0 Å². The van der Waals surface area contributed by atoms with Crippen LogP contribution in [0.3, 0.4) is 0 Å². The fraction of sp³-hybridized carbons (Fsp3) is 0. The molecule has 6 heteroatoms. The molecule has 0 amide bonds. The van der Waals surface area contributed by atoms with Gasteiger partial charge in [-0.2, -0.15) is 0 Å². The summed E-state index contributed by atoms with van der Waals surface area (Å²) in [6.07, 6.45) is 3.13. The van der Waals surface area contributed by atoms with Crippen molar-refractivity contribution in [3.8, 4) is 0 Å². The molecule has 2 rings (SSSR count). The molecular weight excluding hydrogens is 300 g/mol. The quantitative estimate of drug-likeness (QED) is 0.853. The summed E-state index contributed by atoms with van der Waals surface area (Å²) in [6, 6.07) is 7.76. The first-order valence-electron chi connectivity index (χ1n) is 4.80. The Morgan fingerprint density at radius 1 is 1.24 bits per heavy atom. The van der Waals surface area contributed by atoms with Gasteiger partial charge in [-0.25, -0.2) is 9.97 Å². The highest BCUT2D eigenvalue weighted by atomic mass is 79.9. The normalized spacial score (nSPS) is 9.94. The molecule has 0 spiro atoms. The van der Waals surface area contributed by atoms with Crippen LogP contribution in [0.5, 0.6) is 0 Å². The summed E-state index contributed by atoms with van der Waals surface area (Å²) in [7, 11) is 0. The van der Waals surface area contributed by atoms with Crippen LogP contribution in [0.1, 0.15) is 5.69 Å². The van der Waals surface area contributed by atoms with Crippen molar-refractivity contribution < 1.29 is 0 Å². The average molecular weight is 309 g/mol. The minimum absolute atomic E-state index is 0.241. The summed E-state index contributed by atoms with van der Waals surface area (Å²) in [5.74, 6) is 0.636. The first-order valence-corrected chi connectivity index (χ1v) is 6.00. The molecule has 0 saturated heterocycles. The lowest BCUT2D eigenvalue weighted by molar-refractivity contribution is 1.18. The van der Waals surface area contributed by atoms with Gasteiger partial charge < -0.3 is 11.1 Å². The standard InChI is InChI=1S/C11H9BrN4S/c12-7-3-1-2-4-8(7)16-10-6-14-9(5-15-10)11(13)17/h1-6H,(H2,13,17)(H,15,16). The molecule has 17 heavy (non-hydrogen) atoms. The fourth-order valence-corrected chi connectivity index (χ4v) is 1.71. The van der Waals surface area contributed by atoms with E-state index in [4.69, 9.17) is 18.0 Å². The molecule has 0 unspecified atom stereocenters. The van der Waals surface area contributed by atoms with Crippen LogP contribution in [0.25, 0.3) is 0 Å². The number of nitrogens with zero attached hydrogens (tertiary/aromatic N) is 2. The third-order valence-corrected chi connectivity index (χ3v) is 2.94. The Bertz CT molecular complexity index is 541. The Kier molecular flexibility index (Phi) is 3.65. The number of benzene rings is 1. The van der Waals surface area contributed by atoms with Crippen molar-refractivity contribution >= 4 is 44.6 Å². The first-order chi connectivity index (χ1) is 8.16. The molecule has 0 fully saturated rings. The lowest BCUT2D eigenvalue weighted by Gasteiger charge is -2.07. The van der Waals surface area contributed by atoms with Crippen molar-refractivity contribution in [3.63, 3.8) is 0 Å². The van der Waals surface area contributed by atoms with Crippen LogP contribution < -0.4 is 11.1 Å². The molecular formula is C11H9BrN4S. The monoisotopic (exact) mass is 308 g/mol. The second-order valence-electron chi connectivity index (χ2n) is 3.26. The van der Waals surface area contributed by atoms with E-state index in [1.165, 1.54) is 0 Å². The smallest absolute Gasteiger partial charge is 0.148 e. The predicted octanol–water partition coefficient (Wildman–Crippen LogP) is 2.62. The van der Waals surface area contributed by atoms with Gasteiger partial charge in [0, 0.05) is 4.47 Å².